The minimum absolute atomic E-state index is 0.0982. The summed E-state index contributed by atoms with van der Waals surface area (Å²) >= 11 is 0. The van der Waals surface area contributed by atoms with Gasteiger partial charge in [-0.15, -0.1) is 0 Å². The molecular formula is C14H20N2O5. The first-order valence-electron chi connectivity index (χ1n) is 6.61. The largest absolute Gasteiger partial charge is 0.487 e. The molecule has 0 spiro atoms. The van der Waals surface area contributed by atoms with Crippen LogP contribution in [0.3, 0.4) is 0 Å². The number of anilines is 1. The Kier molecular flexibility index (Phi) is 5.95. The van der Waals surface area contributed by atoms with Gasteiger partial charge in [-0.05, 0) is 19.1 Å². The van der Waals surface area contributed by atoms with E-state index in [1.54, 1.807) is 44.0 Å². The first-order valence-corrected chi connectivity index (χ1v) is 6.61. The molecule has 0 aliphatic heterocycles. The van der Waals surface area contributed by atoms with Crippen LogP contribution in [0.25, 0.3) is 0 Å². The zero-order valence-corrected chi connectivity index (χ0v) is 12.7. The van der Waals surface area contributed by atoms with E-state index >= 15 is 0 Å². The number of nitro benzene ring substituents is 1. The van der Waals surface area contributed by atoms with E-state index in [-0.39, 0.29) is 17.4 Å². The maximum Gasteiger partial charge on any atom is 0.333 e. The molecule has 21 heavy (non-hydrogen) atoms. The number of hydrogen-bond donors (Lipinski definition) is 0. The van der Waals surface area contributed by atoms with Gasteiger partial charge in [-0.25, -0.2) is 0 Å². The molecule has 1 atom stereocenters. The van der Waals surface area contributed by atoms with E-state index in [0.717, 1.165) is 0 Å². The summed E-state index contributed by atoms with van der Waals surface area (Å²) in [5.41, 5.74) is 0.306. The van der Waals surface area contributed by atoms with Crippen LogP contribution in [-0.2, 0) is 9.53 Å². The Morgan fingerprint density at radius 2 is 2.14 bits per heavy atom. The van der Waals surface area contributed by atoms with Gasteiger partial charge in [0, 0.05) is 13.6 Å². The van der Waals surface area contributed by atoms with Gasteiger partial charge >= 0.3 is 11.7 Å². The van der Waals surface area contributed by atoms with Crippen LogP contribution < -0.4 is 9.64 Å². The fourth-order valence-electron chi connectivity index (χ4n) is 2.06. The predicted molar refractivity (Wildman–Crippen MR) is 78.7 cm³/mol. The Labute approximate surface area is 123 Å². The van der Waals surface area contributed by atoms with E-state index in [0.29, 0.717) is 18.8 Å². The third kappa shape index (κ3) is 4.08. The summed E-state index contributed by atoms with van der Waals surface area (Å²) in [7, 11) is 3.01. The predicted octanol–water partition coefficient (Wildman–Crippen LogP) is 2.24. The van der Waals surface area contributed by atoms with Gasteiger partial charge in [0.25, 0.3) is 0 Å². The molecule has 0 radical (unpaired) electrons. The van der Waals surface area contributed by atoms with Crippen molar-refractivity contribution in [2.75, 3.05) is 32.2 Å². The first kappa shape index (κ1) is 16.7. The Hall–Kier alpha value is -2.31. The number of hydrogen-bond acceptors (Lipinski definition) is 6. The molecule has 0 fully saturated rings. The zero-order valence-electron chi connectivity index (χ0n) is 12.7. The highest BCUT2D eigenvalue weighted by atomic mass is 16.6. The van der Waals surface area contributed by atoms with Crippen LogP contribution in [-0.4, -0.2) is 38.2 Å². The molecule has 1 rings (SSSR count). The highest BCUT2D eigenvalue weighted by Crippen LogP contribution is 2.36. The summed E-state index contributed by atoms with van der Waals surface area (Å²) < 4.78 is 9.97. The second-order valence-corrected chi connectivity index (χ2v) is 4.62. The fraction of sp³-hybridized carbons (Fsp3) is 0.500. The number of carbonyl (C=O) groups is 1. The van der Waals surface area contributed by atoms with Gasteiger partial charge in [-0.1, -0.05) is 13.0 Å². The van der Waals surface area contributed by atoms with E-state index in [1.807, 2.05) is 0 Å². The second kappa shape index (κ2) is 7.47. The average molecular weight is 296 g/mol. The van der Waals surface area contributed by atoms with E-state index in [2.05, 4.69) is 4.74 Å². The lowest BCUT2D eigenvalue weighted by Crippen LogP contribution is -2.29. The van der Waals surface area contributed by atoms with Gasteiger partial charge in [-0.3, -0.25) is 14.9 Å². The van der Waals surface area contributed by atoms with Crippen molar-refractivity contribution < 1.29 is 19.2 Å². The van der Waals surface area contributed by atoms with Crippen LogP contribution in [0.4, 0.5) is 11.4 Å². The third-order valence-corrected chi connectivity index (χ3v) is 3.02. The highest BCUT2D eigenvalue weighted by molar-refractivity contribution is 5.74. The number of rotatable bonds is 7. The number of carbonyl (C=O) groups excluding carboxylic acids is 1. The molecule has 116 valence electrons. The smallest absolute Gasteiger partial charge is 0.333 e. The normalized spacial score (nSPS) is 11.6. The summed E-state index contributed by atoms with van der Waals surface area (Å²) in [6.07, 6.45) is 0. The molecule has 0 amide bonds. The molecule has 0 aliphatic carbocycles. The van der Waals surface area contributed by atoms with Crippen LogP contribution in [0.5, 0.6) is 5.75 Å². The lowest BCUT2D eigenvalue weighted by molar-refractivity contribution is -0.385. The monoisotopic (exact) mass is 296 g/mol. The van der Waals surface area contributed by atoms with Crippen LogP contribution >= 0.6 is 0 Å². The van der Waals surface area contributed by atoms with Gasteiger partial charge in [0.05, 0.1) is 24.6 Å². The number of methoxy groups -OCH3 is 1. The molecule has 0 saturated heterocycles. The third-order valence-electron chi connectivity index (χ3n) is 3.02. The van der Waals surface area contributed by atoms with Crippen LogP contribution in [0.1, 0.15) is 13.8 Å². The molecule has 1 unspecified atom stereocenters. The number of nitro groups is 1. The maximum atomic E-state index is 11.5. The fourth-order valence-corrected chi connectivity index (χ4v) is 2.06. The van der Waals surface area contributed by atoms with Crippen molar-refractivity contribution in [3.63, 3.8) is 0 Å². The molecule has 7 heteroatoms. The molecule has 0 saturated carbocycles. The van der Waals surface area contributed by atoms with Gasteiger partial charge in [0.15, 0.2) is 5.75 Å². The van der Waals surface area contributed by atoms with Crippen LogP contribution in [0.15, 0.2) is 18.2 Å². The molecule has 1 aromatic carbocycles. The van der Waals surface area contributed by atoms with Gasteiger partial charge < -0.3 is 14.4 Å². The van der Waals surface area contributed by atoms with Crippen LogP contribution in [0, 0.1) is 16.0 Å². The highest BCUT2D eigenvalue weighted by Gasteiger charge is 2.25. The van der Waals surface area contributed by atoms with Gasteiger partial charge in [-0.2, -0.15) is 0 Å². The molecule has 0 bridgehead atoms. The van der Waals surface area contributed by atoms with E-state index in [1.165, 1.54) is 7.11 Å². The van der Waals surface area contributed by atoms with Crippen molar-refractivity contribution in [3.8, 4) is 5.75 Å². The van der Waals surface area contributed by atoms with Crippen molar-refractivity contribution in [1.29, 1.82) is 0 Å². The number of benzene rings is 1. The Morgan fingerprint density at radius 3 is 2.67 bits per heavy atom. The number of esters is 1. The zero-order chi connectivity index (χ0) is 16.0. The van der Waals surface area contributed by atoms with E-state index in [9.17, 15) is 14.9 Å². The molecule has 0 aliphatic rings. The molecular weight excluding hydrogens is 276 g/mol. The molecule has 7 nitrogen and oxygen atoms in total. The average Bonchev–Trinajstić information content (AvgIpc) is 2.45. The standard InChI is InChI=1S/C14H20N2O5/c1-5-21-12-8-6-7-11(13(12)16(18)19)15(3)9-10(2)14(17)20-4/h6-8,10H,5,9H2,1-4H3. The first-order chi connectivity index (χ1) is 9.92. The van der Waals surface area contributed by atoms with Crippen molar-refractivity contribution in [2.24, 2.45) is 5.92 Å². The van der Waals surface area contributed by atoms with Gasteiger partial charge in [0.2, 0.25) is 0 Å². The van der Waals surface area contributed by atoms with E-state index < -0.39 is 10.8 Å². The number of ether oxygens (including phenoxy) is 2. The Morgan fingerprint density at radius 1 is 1.48 bits per heavy atom. The van der Waals surface area contributed by atoms with Crippen molar-refractivity contribution in [2.45, 2.75) is 13.8 Å². The summed E-state index contributed by atoms with van der Waals surface area (Å²) in [6.45, 7) is 4.12. The summed E-state index contributed by atoms with van der Waals surface area (Å²) in [4.78, 5) is 23.9. The molecule has 0 heterocycles. The lowest BCUT2D eigenvalue weighted by atomic mass is 10.1. The van der Waals surface area contributed by atoms with Crippen molar-refractivity contribution >= 4 is 17.3 Å². The molecule has 0 aromatic heterocycles. The Bertz CT molecular complexity index is 518. The Balaban J connectivity index is 3.08. The maximum absolute atomic E-state index is 11.5. The quantitative estimate of drug-likeness (QED) is 0.436. The summed E-state index contributed by atoms with van der Waals surface area (Å²) in [5, 5.41) is 11.3. The van der Waals surface area contributed by atoms with E-state index in [4.69, 9.17) is 4.74 Å². The topological polar surface area (TPSA) is 81.9 Å². The number of para-hydroxylation sites is 1. The molecule has 0 N–H and O–H groups in total. The number of nitrogens with zero attached hydrogens (tertiary/aromatic N) is 2. The minimum Gasteiger partial charge on any atom is -0.487 e. The van der Waals surface area contributed by atoms with Crippen LogP contribution in [0.2, 0.25) is 0 Å². The lowest BCUT2D eigenvalue weighted by Gasteiger charge is -2.22. The van der Waals surface area contributed by atoms with Crippen molar-refractivity contribution in [1.82, 2.24) is 0 Å². The van der Waals surface area contributed by atoms with Gasteiger partial charge in [0.1, 0.15) is 5.69 Å². The minimum atomic E-state index is -0.473. The van der Waals surface area contributed by atoms with Crippen molar-refractivity contribution in [3.05, 3.63) is 28.3 Å². The SMILES string of the molecule is CCOc1cccc(N(C)CC(C)C(=O)OC)c1[N+](=O)[O-]. The summed E-state index contributed by atoms with van der Waals surface area (Å²) in [5.74, 6) is -0.529. The summed E-state index contributed by atoms with van der Waals surface area (Å²) in [6, 6.07) is 4.87. The molecule has 1 aromatic rings. The second-order valence-electron chi connectivity index (χ2n) is 4.62.